The van der Waals surface area contributed by atoms with E-state index in [1.165, 1.54) is 6.07 Å². The quantitative estimate of drug-likeness (QED) is 0.795. The Kier molecular flexibility index (Phi) is 2.15. The summed E-state index contributed by atoms with van der Waals surface area (Å²) in [6, 6.07) is 4.76. The second-order valence-corrected chi connectivity index (χ2v) is 5.90. The van der Waals surface area contributed by atoms with Gasteiger partial charge in [0, 0.05) is 30.2 Å². The first-order valence-corrected chi connectivity index (χ1v) is 6.83. The lowest BCUT2D eigenvalue weighted by atomic mass is 9.87. The first-order chi connectivity index (χ1) is 9.51. The van der Waals surface area contributed by atoms with E-state index in [-0.39, 0.29) is 11.7 Å². The normalized spacial score (nSPS) is 26.1. The smallest absolute Gasteiger partial charge is 0.249 e. The van der Waals surface area contributed by atoms with Crippen LogP contribution in [0.3, 0.4) is 0 Å². The molecule has 0 aliphatic carbocycles. The van der Waals surface area contributed by atoms with Crippen LogP contribution in [0.5, 0.6) is 0 Å². The van der Waals surface area contributed by atoms with Gasteiger partial charge in [0.05, 0.1) is 6.67 Å². The van der Waals surface area contributed by atoms with E-state index in [2.05, 4.69) is 9.88 Å². The van der Waals surface area contributed by atoms with Gasteiger partial charge in [-0.25, -0.2) is 4.39 Å². The fraction of sp³-hybridized carbons (Fsp3) is 0.400. The van der Waals surface area contributed by atoms with Gasteiger partial charge >= 0.3 is 0 Å². The van der Waals surface area contributed by atoms with Crippen molar-refractivity contribution >= 4 is 16.8 Å². The molecule has 1 unspecified atom stereocenters. The molecule has 2 aromatic rings. The van der Waals surface area contributed by atoms with E-state index < -0.39 is 5.54 Å². The monoisotopic (exact) mass is 273 g/mol. The Bertz CT molecular complexity index is 738. The van der Waals surface area contributed by atoms with Gasteiger partial charge in [-0.15, -0.1) is 0 Å². The number of likely N-dealkylation sites (N-methyl/N-ethyl adjacent to an activating group) is 1. The highest BCUT2D eigenvalue weighted by Gasteiger charge is 2.52. The van der Waals surface area contributed by atoms with Crippen LogP contribution in [-0.2, 0) is 16.8 Å². The number of rotatable bonds is 0. The zero-order valence-electron chi connectivity index (χ0n) is 11.5. The third kappa shape index (κ3) is 1.26. The minimum atomic E-state index is -0.641. The van der Waals surface area contributed by atoms with E-state index in [9.17, 15) is 9.18 Å². The van der Waals surface area contributed by atoms with Crippen molar-refractivity contribution in [2.45, 2.75) is 18.9 Å². The second kappa shape index (κ2) is 3.61. The van der Waals surface area contributed by atoms with Crippen LogP contribution in [0, 0.1) is 5.82 Å². The van der Waals surface area contributed by atoms with Crippen LogP contribution in [0.25, 0.3) is 10.9 Å². The Morgan fingerprint density at radius 1 is 1.40 bits per heavy atom. The lowest BCUT2D eigenvalue weighted by Crippen LogP contribution is -2.48. The predicted octanol–water partition coefficient (Wildman–Crippen LogP) is 1.81. The molecule has 104 valence electrons. The zero-order chi connectivity index (χ0) is 14.1. The van der Waals surface area contributed by atoms with Gasteiger partial charge in [0.2, 0.25) is 5.91 Å². The van der Waals surface area contributed by atoms with Crippen molar-refractivity contribution in [1.82, 2.24) is 14.8 Å². The van der Waals surface area contributed by atoms with Crippen molar-refractivity contribution in [1.29, 1.82) is 0 Å². The molecule has 1 N–H and O–H groups in total. The number of fused-ring (bicyclic) bond motifs is 5. The number of nitrogens with zero attached hydrogens (tertiary/aromatic N) is 2. The number of carbonyl (C=O) groups is 1. The highest BCUT2D eigenvalue weighted by atomic mass is 19.1. The molecule has 0 bridgehead atoms. The lowest BCUT2D eigenvalue weighted by molar-refractivity contribution is -0.132. The third-order valence-electron chi connectivity index (χ3n) is 4.77. The Morgan fingerprint density at radius 3 is 3.00 bits per heavy atom. The lowest BCUT2D eigenvalue weighted by Gasteiger charge is -2.36. The van der Waals surface area contributed by atoms with E-state index in [0.29, 0.717) is 6.67 Å². The summed E-state index contributed by atoms with van der Waals surface area (Å²) in [6.45, 7) is 3.43. The van der Waals surface area contributed by atoms with Crippen molar-refractivity contribution < 1.29 is 9.18 Å². The Hall–Kier alpha value is -1.88. The molecule has 5 heteroatoms. The molecule has 1 aromatic carbocycles. The number of H-pyrrole nitrogens is 1. The van der Waals surface area contributed by atoms with Gasteiger partial charge in [0.15, 0.2) is 0 Å². The van der Waals surface area contributed by atoms with Gasteiger partial charge in [0.25, 0.3) is 0 Å². The largest absolute Gasteiger partial charge is 0.356 e. The number of amides is 1. The maximum atomic E-state index is 13.5. The van der Waals surface area contributed by atoms with Gasteiger partial charge in [-0.05, 0) is 37.1 Å². The number of hydrogen-bond acceptors (Lipinski definition) is 2. The molecule has 1 amide bonds. The number of halogens is 1. The Morgan fingerprint density at radius 2 is 2.20 bits per heavy atom. The highest BCUT2D eigenvalue weighted by molar-refractivity contribution is 5.93. The molecular formula is C15H16FN3O. The number of benzene rings is 1. The van der Waals surface area contributed by atoms with Crippen molar-refractivity contribution in [2.75, 3.05) is 20.3 Å². The SMILES string of the molecule is CN1CN2CCc3c([nH]c4ccc(F)cc34)C2(C)C1=O. The fourth-order valence-electron chi connectivity index (χ4n) is 3.67. The Labute approximate surface area is 116 Å². The number of carbonyl (C=O) groups excluding carboxylic acids is 1. The first kappa shape index (κ1) is 11.9. The molecule has 3 heterocycles. The van der Waals surface area contributed by atoms with Crippen molar-refractivity contribution in [3.63, 3.8) is 0 Å². The summed E-state index contributed by atoms with van der Waals surface area (Å²) in [6.07, 6.45) is 0.843. The molecular weight excluding hydrogens is 257 g/mol. The number of nitrogens with one attached hydrogen (secondary N) is 1. The average molecular weight is 273 g/mol. The van der Waals surface area contributed by atoms with E-state index in [0.717, 1.165) is 35.1 Å². The van der Waals surface area contributed by atoms with E-state index in [4.69, 9.17) is 0 Å². The second-order valence-electron chi connectivity index (χ2n) is 5.90. The van der Waals surface area contributed by atoms with Gasteiger partial charge in [-0.1, -0.05) is 0 Å². The number of aromatic amines is 1. The van der Waals surface area contributed by atoms with Crippen LogP contribution in [0.2, 0.25) is 0 Å². The first-order valence-electron chi connectivity index (χ1n) is 6.83. The minimum Gasteiger partial charge on any atom is -0.356 e. The summed E-state index contributed by atoms with van der Waals surface area (Å²) in [7, 11) is 1.83. The Balaban J connectivity index is 2.01. The molecule has 1 atom stereocenters. The molecule has 4 rings (SSSR count). The fourth-order valence-corrected chi connectivity index (χ4v) is 3.67. The molecule has 1 aromatic heterocycles. The van der Waals surface area contributed by atoms with Crippen LogP contribution in [-0.4, -0.2) is 41.0 Å². The van der Waals surface area contributed by atoms with Crippen LogP contribution < -0.4 is 0 Å². The van der Waals surface area contributed by atoms with Crippen molar-refractivity contribution in [2.24, 2.45) is 0 Å². The van der Waals surface area contributed by atoms with Gasteiger partial charge in [0.1, 0.15) is 11.4 Å². The topological polar surface area (TPSA) is 39.3 Å². The van der Waals surface area contributed by atoms with Crippen LogP contribution >= 0.6 is 0 Å². The van der Waals surface area contributed by atoms with E-state index >= 15 is 0 Å². The molecule has 4 nitrogen and oxygen atoms in total. The molecule has 20 heavy (non-hydrogen) atoms. The van der Waals surface area contributed by atoms with Gasteiger partial charge in [-0.3, -0.25) is 9.69 Å². The summed E-state index contributed by atoms with van der Waals surface area (Å²) < 4.78 is 13.5. The number of hydrogen-bond donors (Lipinski definition) is 1. The molecule has 0 radical (unpaired) electrons. The predicted molar refractivity (Wildman–Crippen MR) is 73.7 cm³/mol. The molecule has 2 aliphatic rings. The summed E-state index contributed by atoms with van der Waals surface area (Å²) in [5.41, 5.74) is 2.28. The van der Waals surface area contributed by atoms with Crippen LogP contribution in [0.15, 0.2) is 18.2 Å². The third-order valence-corrected chi connectivity index (χ3v) is 4.77. The van der Waals surface area contributed by atoms with Crippen LogP contribution in [0.1, 0.15) is 18.2 Å². The van der Waals surface area contributed by atoms with E-state index in [1.54, 1.807) is 17.0 Å². The minimum absolute atomic E-state index is 0.102. The van der Waals surface area contributed by atoms with Crippen molar-refractivity contribution in [3.05, 3.63) is 35.3 Å². The summed E-state index contributed by atoms with van der Waals surface area (Å²) >= 11 is 0. The molecule has 2 aliphatic heterocycles. The number of aromatic nitrogens is 1. The maximum Gasteiger partial charge on any atom is 0.249 e. The zero-order valence-corrected chi connectivity index (χ0v) is 11.5. The van der Waals surface area contributed by atoms with E-state index in [1.807, 2.05) is 14.0 Å². The molecule has 1 fully saturated rings. The molecule has 0 saturated carbocycles. The van der Waals surface area contributed by atoms with Crippen molar-refractivity contribution in [3.8, 4) is 0 Å². The average Bonchev–Trinajstić information content (AvgIpc) is 2.89. The standard InChI is InChI=1S/C15H16FN3O/c1-15-13-10(5-6-19(15)8-18(2)14(15)20)11-7-9(16)3-4-12(11)17-13/h3-4,7,17H,5-6,8H2,1-2H3. The summed E-state index contributed by atoms with van der Waals surface area (Å²) in [5, 5.41) is 0.906. The molecule has 0 spiro atoms. The van der Waals surface area contributed by atoms with Gasteiger partial charge < -0.3 is 9.88 Å². The summed E-state index contributed by atoms with van der Waals surface area (Å²) in [4.78, 5) is 19.8. The van der Waals surface area contributed by atoms with Crippen LogP contribution in [0.4, 0.5) is 4.39 Å². The highest BCUT2D eigenvalue weighted by Crippen LogP contribution is 2.42. The summed E-state index contributed by atoms with van der Waals surface area (Å²) in [5.74, 6) is -0.132. The maximum absolute atomic E-state index is 13.5. The molecule has 1 saturated heterocycles. The van der Waals surface area contributed by atoms with Gasteiger partial charge in [-0.2, -0.15) is 0 Å².